The Labute approximate surface area is 173 Å². The predicted octanol–water partition coefficient (Wildman–Crippen LogP) is 1.56. The van der Waals surface area contributed by atoms with Crippen molar-refractivity contribution in [1.29, 1.82) is 0 Å². The fourth-order valence-electron chi connectivity index (χ4n) is 4.02. The van der Waals surface area contributed by atoms with Crippen LogP contribution in [0.5, 0.6) is 0 Å². The van der Waals surface area contributed by atoms with Crippen molar-refractivity contribution in [2.45, 2.75) is 37.8 Å². The number of amides is 1. The molecule has 0 saturated heterocycles. The highest BCUT2D eigenvalue weighted by Crippen LogP contribution is 2.50. The molecule has 2 aromatic heterocycles. The van der Waals surface area contributed by atoms with Gasteiger partial charge in [-0.2, -0.15) is 10.2 Å². The number of ether oxygens (including phenoxy) is 1. The Morgan fingerprint density at radius 3 is 2.72 bits per heavy atom. The summed E-state index contributed by atoms with van der Waals surface area (Å²) >= 11 is 5.93. The van der Waals surface area contributed by atoms with Crippen LogP contribution in [0.1, 0.15) is 37.3 Å². The summed E-state index contributed by atoms with van der Waals surface area (Å²) in [6, 6.07) is 0.444. The number of carbonyl (C=O) groups excluding carboxylic acids is 1. The van der Waals surface area contributed by atoms with Crippen molar-refractivity contribution < 1.29 is 9.53 Å². The number of anilines is 1. The van der Waals surface area contributed by atoms with E-state index in [2.05, 4.69) is 20.6 Å². The van der Waals surface area contributed by atoms with Gasteiger partial charge in [0, 0.05) is 18.9 Å². The van der Waals surface area contributed by atoms with Crippen LogP contribution in [-0.4, -0.2) is 45.6 Å². The highest BCUT2D eigenvalue weighted by atomic mass is 35.5. The summed E-state index contributed by atoms with van der Waals surface area (Å²) in [4.78, 5) is 24.9. The first kappa shape index (κ1) is 20.1. The van der Waals surface area contributed by atoms with Crippen LogP contribution in [0.15, 0.2) is 23.3 Å². The summed E-state index contributed by atoms with van der Waals surface area (Å²) < 4.78 is 6.81. The topological polar surface area (TPSA) is 128 Å². The number of hydrogen-bond acceptors (Lipinski definition) is 6. The molecule has 2 atom stereocenters. The molecular weight excluding hydrogens is 396 g/mol. The maximum absolute atomic E-state index is 12.7. The molecule has 2 saturated carbocycles. The van der Waals surface area contributed by atoms with Gasteiger partial charge in [-0.3, -0.25) is 14.3 Å². The first-order valence-electron chi connectivity index (χ1n) is 9.82. The van der Waals surface area contributed by atoms with E-state index in [1.165, 1.54) is 45.1 Å². The lowest BCUT2D eigenvalue weighted by atomic mass is 9.89. The Morgan fingerprint density at radius 1 is 1.41 bits per heavy atom. The van der Waals surface area contributed by atoms with Gasteiger partial charge in [0.1, 0.15) is 11.2 Å². The molecule has 2 heterocycles. The van der Waals surface area contributed by atoms with Crippen LogP contribution in [0.25, 0.3) is 0 Å². The molecule has 0 aromatic carbocycles. The molecule has 29 heavy (non-hydrogen) atoms. The number of nitrogens with two attached hydrogens (primary N) is 1. The van der Waals surface area contributed by atoms with Gasteiger partial charge in [-0.15, -0.1) is 0 Å². The van der Waals surface area contributed by atoms with Crippen molar-refractivity contribution in [2.24, 2.45) is 23.5 Å². The number of nitrogens with zero attached hydrogens (tertiary/aromatic N) is 3. The minimum absolute atomic E-state index is 0.165. The van der Waals surface area contributed by atoms with Gasteiger partial charge in [-0.05, 0) is 49.5 Å². The van der Waals surface area contributed by atoms with E-state index in [0.717, 1.165) is 0 Å². The summed E-state index contributed by atoms with van der Waals surface area (Å²) in [6.07, 6.45) is 7.87. The minimum atomic E-state index is -0.519. The average molecular weight is 421 g/mol. The molecule has 1 unspecified atom stereocenters. The molecule has 0 bridgehead atoms. The minimum Gasteiger partial charge on any atom is -0.382 e. The second-order valence-corrected chi connectivity index (χ2v) is 8.31. The van der Waals surface area contributed by atoms with E-state index in [1.54, 1.807) is 10.9 Å². The fourth-order valence-corrected chi connectivity index (χ4v) is 4.18. The van der Waals surface area contributed by atoms with Gasteiger partial charge >= 0.3 is 0 Å². The molecule has 156 valence electrons. The summed E-state index contributed by atoms with van der Waals surface area (Å²) in [5, 5.41) is 13.4. The lowest BCUT2D eigenvalue weighted by Crippen LogP contribution is -2.43. The van der Waals surface area contributed by atoms with Crippen LogP contribution in [0.2, 0.25) is 5.15 Å². The number of aromatic amines is 1. The van der Waals surface area contributed by atoms with E-state index < -0.39 is 12.1 Å². The van der Waals surface area contributed by atoms with Gasteiger partial charge in [0.15, 0.2) is 0 Å². The standard InChI is InChI=1S/C19H25ClN6O3/c1-29-9-14(13-6-15(20)24-25-18(13)27)26-8-12(7-22-26)23-19(28)17(21)16(10-2-3-10)11-4-5-11/h6-8,10-11,14,16-17H,2-5,9,21H2,1H3,(H,23,28)(H,25,27)/t14?,17-/m0/s1. The normalized spacial score (nSPS) is 18.6. The maximum Gasteiger partial charge on any atom is 0.269 e. The highest BCUT2D eigenvalue weighted by Gasteiger charge is 2.46. The lowest BCUT2D eigenvalue weighted by molar-refractivity contribution is -0.118. The molecule has 2 aliphatic rings. The smallest absolute Gasteiger partial charge is 0.269 e. The lowest BCUT2D eigenvalue weighted by Gasteiger charge is -2.22. The number of rotatable bonds is 9. The molecule has 4 rings (SSSR count). The van der Waals surface area contributed by atoms with Gasteiger partial charge in [-0.25, -0.2) is 5.10 Å². The van der Waals surface area contributed by atoms with Crippen molar-refractivity contribution >= 4 is 23.2 Å². The van der Waals surface area contributed by atoms with E-state index >= 15 is 0 Å². The van der Waals surface area contributed by atoms with Crippen molar-refractivity contribution in [3.8, 4) is 0 Å². The van der Waals surface area contributed by atoms with E-state index in [0.29, 0.717) is 23.1 Å². The largest absolute Gasteiger partial charge is 0.382 e. The van der Waals surface area contributed by atoms with Gasteiger partial charge in [-0.1, -0.05) is 11.6 Å². The third kappa shape index (κ3) is 4.52. The zero-order valence-corrected chi connectivity index (χ0v) is 16.9. The summed E-state index contributed by atoms with van der Waals surface area (Å²) in [5.74, 6) is 1.24. The Hall–Kier alpha value is -2.23. The van der Waals surface area contributed by atoms with Crippen LogP contribution < -0.4 is 16.6 Å². The second kappa shape index (κ2) is 8.25. The Balaban J connectivity index is 1.49. The fraction of sp³-hybridized carbons (Fsp3) is 0.579. The number of carbonyl (C=O) groups is 1. The number of methoxy groups -OCH3 is 1. The van der Waals surface area contributed by atoms with Crippen molar-refractivity contribution in [3.63, 3.8) is 0 Å². The Morgan fingerprint density at radius 2 is 2.10 bits per heavy atom. The van der Waals surface area contributed by atoms with E-state index in [1.807, 2.05) is 0 Å². The van der Waals surface area contributed by atoms with Crippen LogP contribution in [0.3, 0.4) is 0 Å². The molecule has 2 aromatic rings. The summed E-state index contributed by atoms with van der Waals surface area (Å²) in [7, 11) is 1.53. The van der Waals surface area contributed by atoms with Crippen molar-refractivity contribution in [2.75, 3.05) is 19.0 Å². The highest BCUT2D eigenvalue weighted by molar-refractivity contribution is 6.29. The van der Waals surface area contributed by atoms with Gasteiger partial charge in [0.2, 0.25) is 5.91 Å². The second-order valence-electron chi connectivity index (χ2n) is 7.92. The van der Waals surface area contributed by atoms with E-state index in [-0.39, 0.29) is 29.1 Å². The third-order valence-corrected chi connectivity index (χ3v) is 5.92. The number of H-pyrrole nitrogens is 1. The average Bonchev–Trinajstić information content (AvgIpc) is 3.63. The Kier molecular flexibility index (Phi) is 5.71. The molecule has 4 N–H and O–H groups in total. The number of aromatic nitrogens is 4. The van der Waals surface area contributed by atoms with E-state index in [4.69, 9.17) is 22.1 Å². The first-order chi connectivity index (χ1) is 14.0. The molecular formula is C19H25ClN6O3. The predicted molar refractivity (Wildman–Crippen MR) is 108 cm³/mol. The maximum atomic E-state index is 12.7. The van der Waals surface area contributed by atoms with Crippen LogP contribution in [0.4, 0.5) is 5.69 Å². The molecule has 0 spiro atoms. The monoisotopic (exact) mass is 420 g/mol. The SMILES string of the molecule is COCC(c1cc(Cl)n[nH]c1=O)n1cc(NC(=O)[C@@H](N)C(C2CC2)C2CC2)cn1. The Bertz CT molecular complexity index is 924. The third-order valence-electron chi connectivity index (χ3n) is 5.72. The van der Waals surface area contributed by atoms with Crippen LogP contribution in [-0.2, 0) is 9.53 Å². The summed E-state index contributed by atoms with van der Waals surface area (Å²) in [6.45, 7) is 0.198. The molecule has 10 heteroatoms. The van der Waals surface area contributed by atoms with E-state index in [9.17, 15) is 9.59 Å². The molecule has 0 aliphatic heterocycles. The van der Waals surface area contributed by atoms with Gasteiger partial charge in [0.25, 0.3) is 5.56 Å². The first-order valence-corrected chi connectivity index (χ1v) is 10.2. The van der Waals surface area contributed by atoms with Crippen molar-refractivity contribution in [1.82, 2.24) is 20.0 Å². The number of hydrogen-bond donors (Lipinski definition) is 3. The van der Waals surface area contributed by atoms with Crippen molar-refractivity contribution in [3.05, 3.63) is 39.5 Å². The van der Waals surface area contributed by atoms with Crippen LogP contribution in [0, 0.1) is 17.8 Å². The molecule has 1 amide bonds. The molecule has 2 aliphatic carbocycles. The van der Waals surface area contributed by atoms with Crippen LogP contribution >= 0.6 is 11.6 Å². The molecule has 9 nitrogen and oxygen atoms in total. The molecule has 0 radical (unpaired) electrons. The van der Waals surface area contributed by atoms with Gasteiger partial charge < -0.3 is 15.8 Å². The quantitative estimate of drug-likeness (QED) is 0.564. The number of halogens is 1. The number of nitrogens with one attached hydrogen (secondary N) is 2. The van der Waals surface area contributed by atoms with Gasteiger partial charge in [0.05, 0.1) is 24.5 Å². The molecule has 2 fully saturated rings. The summed E-state index contributed by atoms with van der Waals surface area (Å²) in [5.41, 5.74) is 6.82. The zero-order chi connectivity index (χ0) is 20.5. The zero-order valence-electron chi connectivity index (χ0n) is 16.2.